The van der Waals surface area contributed by atoms with Gasteiger partial charge in [0.15, 0.2) is 6.10 Å². The summed E-state index contributed by atoms with van der Waals surface area (Å²) < 4.78 is 5.26. The first-order valence-corrected chi connectivity index (χ1v) is 10.9. The molecule has 8 heteroatoms. The first-order valence-electron chi connectivity index (χ1n) is 10.9. The van der Waals surface area contributed by atoms with E-state index in [0.29, 0.717) is 0 Å². The van der Waals surface area contributed by atoms with Gasteiger partial charge in [0.2, 0.25) is 5.91 Å². The van der Waals surface area contributed by atoms with Gasteiger partial charge in [0.25, 0.3) is 5.91 Å². The van der Waals surface area contributed by atoms with Crippen LogP contribution in [0, 0.1) is 19.8 Å². The highest BCUT2D eigenvalue weighted by atomic mass is 16.5. The van der Waals surface area contributed by atoms with Gasteiger partial charge in [-0.1, -0.05) is 31.4 Å². The first kappa shape index (κ1) is 22.8. The van der Waals surface area contributed by atoms with Crippen molar-refractivity contribution in [3.05, 3.63) is 29.3 Å². The number of amides is 4. The Bertz CT molecular complexity index is 863. The molecule has 0 aromatic heterocycles. The number of nitrogens with one attached hydrogen (secondary N) is 2. The molecule has 1 saturated heterocycles. The van der Waals surface area contributed by atoms with Gasteiger partial charge in [-0.15, -0.1) is 0 Å². The number of ether oxygens (including phenoxy) is 1. The number of carbonyl (C=O) groups excluding carboxylic acids is 4. The van der Waals surface area contributed by atoms with Gasteiger partial charge in [-0.25, -0.2) is 4.79 Å². The molecular weight excluding hydrogens is 398 g/mol. The molecule has 168 valence electrons. The average Bonchev–Trinajstić information content (AvgIpc) is 3.12. The summed E-state index contributed by atoms with van der Waals surface area (Å²) in [5.74, 6) is -2.10. The number of nitrogens with zero attached hydrogens (tertiary/aromatic N) is 1. The molecule has 1 heterocycles. The van der Waals surface area contributed by atoms with Crippen LogP contribution in [-0.2, 0) is 19.1 Å². The number of urea groups is 1. The molecule has 1 aromatic rings. The maximum atomic E-state index is 12.6. The minimum Gasteiger partial charge on any atom is -0.452 e. The first-order chi connectivity index (χ1) is 14.8. The Morgan fingerprint density at radius 3 is 2.55 bits per heavy atom. The highest BCUT2D eigenvalue weighted by Gasteiger charge is 2.38. The van der Waals surface area contributed by atoms with Gasteiger partial charge in [0, 0.05) is 24.7 Å². The van der Waals surface area contributed by atoms with Crippen molar-refractivity contribution < 1.29 is 23.9 Å². The van der Waals surface area contributed by atoms with E-state index in [1.807, 2.05) is 32.0 Å². The fourth-order valence-electron chi connectivity index (χ4n) is 4.13. The zero-order valence-corrected chi connectivity index (χ0v) is 18.4. The minimum absolute atomic E-state index is 0.0305. The topological polar surface area (TPSA) is 105 Å². The molecular formula is C23H31N3O5. The molecule has 1 saturated carbocycles. The fourth-order valence-corrected chi connectivity index (χ4v) is 4.13. The van der Waals surface area contributed by atoms with Gasteiger partial charge in [-0.05, 0) is 50.8 Å². The van der Waals surface area contributed by atoms with Gasteiger partial charge in [-0.3, -0.25) is 19.7 Å². The van der Waals surface area contributed by atoms with E-state index in [-0.39, 0.29) is 24.9 Å². The van der Waals surface area contributed by atoms with Gasteiger partial charge in [0.05, 0.1) is 5.92 Å². The summed E-state index contributed by atoms with van der Waals surface area (Å²) in [7, 11) is 0. The van der Waals surface area contributed by atoms with Crippen LogP contribution >= 0.6 is 0 Å². The zero-order chi connectivity index (χ0) is 22.5. The third kappa shape index (κ3) is 5.62. The minimum atomic E-state index is -1.13. The van der Waals surface area contributed by atoms with E-state index in [9.17, 15) is 19.2 Å². The van der Waals surface area contributed by atoms with Crippen molar-refractivity contribution in [3.63, 3.8) is 0 Å². The molecule has 2 aliphatic rings. The van der Waals surface area contributed by atoms with E-state index in [1.54, 1.807) is 4.90 Å². The average molecular weight is 430 g/mol. The van der Waals surface area contributed by atoms with E-state index in [4.69, 9.17) is 4.74 Å². The lowest BCUT2D eigenvalue weighted by Gasteiger charge is -2.23. The lowest BCUT2D eigenvalue weighted by molar-refractivity contribution is -0.158. The molecule has 2 N–H and O–H groups in total. The van der Waals surface area contributed by atoms with Crippen LogP contribution in [0.25, 0.3) is 0 Å². The Kier molecular flexibility index (Phi) is 7.30. The van der Waals surface area contributed by atoms with E-state index < -0.39 is 29.9 Å². The van der Waals surface area contributed by atoms with E-state index in [2.05, 4.69) is 10.6 Å². The summed E-state index contributed by atoms with van der Waals surface area (Å²) in [4.78, 5) is 50.9. The largest absolute Gasteiger partial charge is 0.452 e. The number of rotatable bonds is 5. The summed E-state index contributed by atoms with van der Waals surface area (Å²) in [6.45, 7) is 5.53. The molecule has 2 atom stereocenters. The maximum Gasteiger partial charge on any atom is 0.321 e. The number of hydrogen-bond donors (Lipinski definition) is 2. The SMILES string of the molecule is Cc1cccc(N2C[C@@H](C(=O)O[C@H](C)C(=O)NC(=O)NC3CCCCC3)CC2=O)c1C. The second-order valence-corrected chi connectivity index (χ2v) is 8.50. The highest BCUT2D eigenvalue weighted by Crippen LogP contribution is 2.30. The third-order valence-electron chi connectivity index (χ3n) is 6.16. The lowest BCUT2D eigenvalue weighted by atomic mass is 9.96. The Morgan fingerprint density at radius 2 is 1.84 bits per heavy atom. The number of benzene rings is 1. The Labute approximate surface area is 182 Å². The van der Waals surface area contributed by atoms with Crippen molar-refractivity contribution in [1.82, 2.24) is 10.6 Å². The molecule has 3 rings (SSSR count). The molecule has 1 aromatic carbocycles. The van der Waals surface area contributed by atoms with Crippen molar-refractivity contribution in [2.45, 2.75) is 71.4 Å². The summed E-state index contributed by atoms with van der Waals surface area (Å²) in [5.41, 5.74) is 2.83. The lowest BCUT2D eigenvalue weighted by Crippen LogP contribution is -2.48. The Morgan fingerprint density at radius 1 is 1.13 bits per heavy atom. The molecule has 31 heavy (non-hydrogen) atoms. The number of anilines is 1. The van der Waals surface area contributed by atoms with Gasteiger partial charge in [0.1, 0.15) is 0 Å². The van der Waals surface area contributed by atoms with E-state index in [1.165, 1.54) is 6.92 Å². The number of esters is 1. The van der Waals surface area contributed by atoms with Crippen molar-refractivity contribution >= 4 is 29.5 Å². The molecule has 0 unspecified atom stereocenters. The van der Waals surface area contributed by atoms with Crippen molar-refractivity contribution in [3.8, 4) is 0 Å². The van der Waals surface area contributed by atoms with Crippen LogP contribution in [-0.4, -0.2) is 42.5 Å². The van der Waals surface area contributed by atoms with E-state index >= 15 is 0 Å². The maximum absolute atomic E-state index is 12.6. The van der Waals surface area contributed by atoms with Crippen molar-refractivity contribution in [1.29, 1.82) is 0 Å². The zero-order valence-electron chi connectivity index (χ0n) is 18.4. The Hall–Kier alpha value is -2.90. The third-order valence-corrected chi connectivity index (χ3v) is 6.16. The van der Waals surface area contributed by atoms with Gasteiger partial charge < -0.3 is 15.0 Å². The van der Waals surface area contributed by atoms with Gasteiger partial charge >= 0.3 is 12.0 Å². The quantitative estimate of drug-likeness (QED) is 0.701. The molecule has 1 aliphatic carbocycles. The summed E-state index contributed by atoms with van der Waals surface area (Å²) in [5, 5.41) is 5.03. The van der Waals surface area contributed by atoms with Crippen LogP contribution in [0.15, 0.2) is 18.2 Å². The molecule has 2 fully saturated rings. The second-order valence-electron chi connectivity index (χ2n) is 8.50. The van der Waals surface area contributed by atoms with Crippen LogP contribution in [0.2, 0.25) is 0 Å². The highest BCUT2D eigenvalue weighted by molar-refractivity contribution is 6.01. The summed E-state index contributed by atoms with van der Waals surface area (Å²) in [6.07, 6.45) is 3.99. The van der Waals surface area contributed by atoms with Crippen molar-refractivity contribution in [2.75, 3.05) is 11.4 Å². The van der Waals surface area contributed by atoms with Crippen LogP contribution in [0.4, 0.5) is 10.5 Å². The molecule has 8 nitrogen and oxygen atoms in total. The smallest absolute Gasteiger partial charge is 0.321 e. The van der Waals surface area contributed by atoms with Crippen LogP contribution in [0.3, 0.4) is 0 Å². The molecule has 0 bridgehead atoms. The fraction of sp³-hybridized carbons (Fsp3) is 0.565. The predicted octanol–water partition coefficient (Wildman–Crippen LogP) is 2.75. The predicted molar refractivity (Wildman–Crippen MR) is 115 cm³/mol. The number of hydrogen-bond acceptors (Lipinski definition) is 5. The van der Waals surface area contributed by atoms with Crippen LogP contribution in [0.5, 0.6) is 0 Å². The van der Waals surface area contributed by atoms with Gasteiger partial charge in [-0.2, -0.15) is 0 Å². The summed E-state index contributed by atoms with van der Waals surface area (Å²) in [6, 6.07) is 5.20. The molecule has 1 aliphatic heterocycles. The number of imide groups is 1. The summed E-state index contributed by atoms with van der Waals surface area (Å²) >= 11 is 0. The Balaban J connectivity index is 1.51. The standard InChI is InChI=1S/C23H31N3O5/c1-14-8-7-11-19(15(14)2)26-13-17(12-20(26)27)22(29)31-16(3)21(28)25-23(30)24-18-9-5-4-6-10-18/h7-8,11,16-18H,4-6,9-10,12-13H2,1-3H3,(H2,24,25,28,30)/t16-,17+/m1/s1. The van der Waals surface area contributed by atoms with Crippen LogP contribution < -0.4 is 15.5 Å². The monoisotopic (exact) mass is 429 g/mol. The molecule has 0 radical (unpaired) electrons. The van der Waals surface area contributed by atoms with Crippen molar-refractivity contribution in [2.24, 2.45) is 5.92 Å². The molecule has 4 amide bonds. The van der Waals surface area contributed by atoms with E-state index in [0.717, 1.165) is 48.9 Å². The van der Waals surface area contributed by atoms with Crippen LogP contribution in [0.1, 0.15) is 56.6 Å². The number of carbonyl (C=O) groups is 4. The normalized spacial score (nSPS) is 20.3. The molecule has 0 spiro atoms. The number of aryl methyl sites for hydroxylation is 1. The second kappa shape index (κ2) is 9.94.